The number of amides is 2. The Balaban J connectivity index is 1.26. The largest absolute Gasteiger partial charge is 0.444 e. The minimum Gasteiger partial charge on any atom is -0.444 e. The number of nitrogens with one attached hydrogen (secondary N) is 1. The molecule has 0 aromatic carbocycles. The maximum absolute atomic E-state index is 12.5. The zero-order chi connectivity index (χ0) is 22.3. The van der Waals surface area contributed by atoms with Gasteiger partial charge >= 0.3 is 6.09 Å². The number of carbonyl (C=O) groups is 2. The molecule has 3 aliphatic rings. The molecular weight excluding hydrogens is 408 g/mol. The zero-order valence-electron chi connectivity index (χ0n) is 18.2. The van der Waals surface area contributed by atoms with Gasteiger partial charge < -0.3 is 9.64 Å². The Morgan fingerprint density at radius 3 is 2.88 bits per heavy atom. The van der Waals surface area contributed by atoms with Gasteiger partial charge in [-0.1, -0.05) is 18.2 Å². The van der Waals surface area contributed by atoms with Crippen LogP contribution in [0.5, 0.6) is 0 Å². The third-order valence-electron chi connectivity index (χ3n) is 6.66. The van der Waals surface area contributed by atoms with Gasteiger partial charge in [-0.15, -0.1) is 0 Å². The van der Waals surface area contributed by atoms with Crippen molar-refractivity contribution in [1.29, 1.82) is 0 Å². The summed E-state index contributed by atoms with van der Waals surface area (Å²) in [5.41, 5.74) is 3.95. The van der Waals surface area contributed by atoms with Gasteiger partial charge in [0.25, 0.3) is 5.91 Å². The lowest BCUT2D eigenvalue weighted by atomic mass is 9.89. The van der Waals surface area contributed by atoms with E-state index in [1.54, 1.807) is 24.1 Å². The molecule has 1 aromatic rings. The second kappa shape index (κ2) is 10.5. The fourth-order valence-corrected chi connectivity index (χ4v) is 4.97. The minimum absolute atomic E-state index is 0.232. The fourth-order valence-electron chi connectivity index (χ4n) is 4.97. The quantitative estimate of drug-likeness (QED) is 0.520. The topological polar surface area (TPSA) is 104 Å². The Morgan fingerprint density at radius 1 is 1.25 bits per heavy atom. The fraction of sp³-hybridized carbons (Fsp3) is 0.500. The second-order valence-corrected chi connectivity index (χ2v) is 8.74. The molecule has 0 spiro atoms. The molecule has 3 heterocycles. The summed E-state index contributed by atoms with van der Waals surface area (Å²) in [7, 11) is 0. The molecule has 2 bridgehead atoms. The maximum Gasteiger partial charge on any atom is 0.410 e. The van der Waals surface area contributed by atoms with Gasteiger partial charge in [-0.05, 0) is 62.8 Å². The van der Waals surface area contributed by atoms with E-state index in [0.717, 1.165) is 62.8 Å². The van der Waals surface area contributed by atoms with Crippen molar-refractivity contribution in [2.24, 2.45) is 16.8 Å². The lowest BCUT2D eigenvalue weighted by Gasteiger charge is -2.31. The number of pyridine rings is 1. The highest BCUT2D eigenvalue weighted by Gasteiger charge is 2.46. The Kier molecular flexibility index (Phi) is 7.32. The molecule has 1 aromatic heterocycles. The number of likely N-dealkylation sites (tertiary alicyclic amines) is 1. The second-order valence-electron chi connectivity index (χ2n) is 8.74. The van der Waals surface area contributed by atoms with Crippen LogP contribution in [0, 0.1) is 11.8 Å². The van der Waals surface area contributed by atoms with Crippen molar-refractivity contribution in [3.63, 3.8) is 0 Å². The van der Waals surface area contributed by atoms with Crippen molar-refractivity contribution >= 4 is 18.2 Å². The van der Waals surface area contributed by atoms with Crippen molar-refractivity contribution in [2.45, 2.75) is 57.6 Å². The molecule has 32 heavy (non-hydrogen) atoms. The van der Waals surface area contributed by atoms with Gasteiger partial charge in [-0.3, -0.25) is 20.0 Å². The van der Waals surface area contributed by atoms with Crippen molar-refractivity contribution in [3.8, 4) is 0 Å². The van der Waals surface area contributed by atoms with Gasteiger partial charge in [-0.2, -0.15) is 0 Å². The molecule has 8 heteroatoms. The van der Waals surface area contributed by atoms with Crippen molar-refractivity contribution in [3.05, 3.63) is 53.5 Å². The summed E-state index contributed by atoms with van der Waals surface area (Å²) in [4.78, 5) is 34.7. The number of aliphatic imine (C=N–C) groups is 1. The normalized spacial score (nSPS) is 29.0. The maximum atomic E-state index is 12.5. The first-order valence-electron chi connectivity index (χ1n) is 11.3. The first kappa shape index (κ1) is 22.2. The highest BCUT2D eigenvalue weighted by atomic mass is 16.6. The van der Waals surface area contributed by atoms with Gasteiger partial charge in [0, 0.05) is 42.5 Å². The molecule has 2 amide bonds. The molecule has 8 nitrogen and oxygen atoms in total. The van der Waals surface area contributed by atoms with E-state index >= 15 is 0 Å². The standard InChI is InChI=1S/C24H30N4O4/c29-23(27-31)19-6-2-1-3-7-21(26-14-19)9-8-18-11-22-12-20(18)15-28(22)24(30)32-16-17-5-4-10-25-13-17/h4-7,10,13-14,18,20,22,31H,1-3,8-9,11-12,15-16H2,(H,27,29)/b19-6+,21-7+,26-14-/t18?,20-,22+/m0/s1. The summed E-state index contributed by atoms with van der Waals surface area (Å²) in [6, 6.07) is 3.99. The van der Waals surface area contributed by atoms with Crippen LogP contribution in [-0.4, -0.2) is 45.9 Å². The number of carbonyl (C=O) groups excluding carboxylic acids is 2. The number of hydrogen-bond donors (Lipinski definition) is 2. The summed E-state index contributed by atoms with van der Waals surface area (Å²) >= 11 is 0. The molecular formula is C24H30N4O4. The van der Waals surface area contributed by atoms with Crippen LogP contribution in [0.3, 0.4) is 0 Å². The number of piperidine rings is 1. The minimum atomic E-state index is -0.529. The highest BCUT2D eigenvalue weighted by molar-refractivity contribution is 6.11. The summed E-state index contributed by atoms with van der Waals surface area (Å²) in [6.45, 7) is 1.01. The van der Waals surface area contributed by atoms with Crippen LogP contribution in [0.4, 0.5) is 4.79 Å². The van der Waals surface area contributed by atoms with Crippen LogP contribution in [-0.2, 0) is 16.1 Å². The Morgan fingerprint density at radius 2 is 2.12 bits per heavy atom. The molecule has 2 fully saturated rings. The molecule has 2 aliphatic heterocycles. The Labute approximate surface area is 188 Å². The molecule has 1 saturated heterocycles. The number of aromatic nitrogens is 1. The number of rotatable bonds is 6. The number of hydroxylamine groups is 1. The highest BCUT2D eigenvalue weighted by Crippen LogP contribution is 2.44. The van der Waals surface area contributed by atoms with E-state index in [1.165, 1.54) is 0 Å². The number of ether oxygens (including phenoxy) is 1. The lowest BCUT2D eigenvalue weighted by Crippen LogP contribution is -2.40. The van der Waals surface area contributed by atoms with E-state index in [-0.39, 0.29) is 18.7 Å². The molecule has 3 atom stereocenters. The number of hydrogen-bond acceptors (Lipinski definition) is 6. The summed E-state index contributed by atoms with van der Waals surface area (Å²) in [5, 5.41) is 8.89. The monoisotopic (exact) mass is 438 g/mol. The van der Waals surface area contributed by atoms with Crippen LogP contribution in [0.2, 0.25) is 0 Å². The third kappa shape index (κ3) is 5.43. The summed E-state index contributed by atoms with van der Waals surface area (Å²) in [6.07, 6.45) is 15.2. The van der Waals surface area contributed by atoms with Gasteiger partial charge in [0.1, 0.15) is 6.61 Å². The van der Waals surface area contributed by atoms with Crippen LogP contribution in [0.25, 0.3) is 0 Å². The molecule has 1 unspecified atom stereocenters. The molecule has 1 saturated carbocycles. The summed E-state index contributed by atoms with van der Waals surface area (Å²) in [5.74, 6) is 0.544. The SMILES string of the molecule is O=C(NO)C1=C/CCC/C=C(CCC2C[C@@H]3C[C@H]2CN3C(=O)OCc2cccnc2)/N=C\1. The Bertz CT molecular complexity index is 912. The van der Waals surface area contributed by atoms with Crippen molar-refractivity contribution in [2.75, 3.05) is 6.54 Å². The first-order valence-corrected chi connectivity index (χ1v) is 11.3. The third-order valence-corrected chi connectivity index (χ3v) is 6.66. The molecule has 0 radical (unpaired) electrons. The predicted molar refractivity (Wildman–Crippen MR) is 119 cm³/mol. The van der Waals surface area contributed by atoms with Gasteiger partial charge in [0.2, 0.25) is 0 Å². The lowest BCUT2D eigenvalue weighted by molar-refractivity contribution is -0.124. The van der Waals surface area contributed by atoms with Crippen LogP contribution in [0.1, 0.15) is 50.5 Å². The average molecular weight is 439 g/mol. The molecule has 1 aliphatic carbocycles. The van der Waals surface area contributed by atoms with Crippen LogP contribution < -0.4 is 5.48 Å². The van der Waals surface area contributed by atoms with Crippen molar-refractivity contribution < 1.29 is 19.5 Å². The van der Waals surface area contributed by atoms with Crippen LogP contribution in [0.15, 0.2) is 52.9 Å². The number of fused-ring (bicyclic) bond motifs is 2. The Hall–Kier alpha value is -3.00. The van der Waals surface area contributed by atoms with E-state index in [4.69, 9.17) is 9.94 Å². The van der Waals surface area contributed by atoms with Crippen molar-refractivity contribution in [1.82, 2.24) is 15.4 Å². The van der Waals surface area contributed by atoms with E-state index in [2.05, 4.69) is 16.1 Å². The molecule has 170 valence electrons. The van der Waals surface area contributed by atoms with Crippen LogP contribution >= 0.6 is 0 Å². The van der Waals surface area contributed by atoms with Gasteiger partial charge in [0.05, 0.1) is 5.57 Å². The van der Waals surface area contributed by atoms with Gasteiger partial charge in [0.15, 0.2) is 0 Å². The summed E-state index contributed by atoms with van der Waals surface area (Å²) < 4.78 is 5.49. The van der Waals surface area contributed by atoms with E-state index in [9.17, 15) is 9.59 Å². The number of nitrogens with zero attached hydrogens (tertiary/aromatic N) is 3. The predicted octanol–water partition coefficient (Wildman–Crippen LogP) is 3.78. The molecule has 2 N–H and O–H groups in total. The number of allylic oxidation sites excluding steroid dienone is 3. The molecule has 4 rings (SSSR count). The van der Waals surface area contributed by atoms with E-state index < -0.39 is 5.91 Å². The van der Waals surface area contributed by atoms with E-state index in [1.807, 2.05) is 23.1 Å². The van der Waals surface area contributed by atoms with Gasteiger partial charge in [-0.25, -0.2) is 10.3 Å². The average Bonchev–Trinajstić information content (AvgIpc) is 3.45. The first-order chi connectivity index (χ1) is 15.6. The smallest absolute Gasteiger partial charge is 0.410 e. The van der Waals surface area contributed by atoms with E-state index in [0.29, 0.717) is 17.4 Å². The zero-order valence-corrected chi connectivity index (χ0v) is 18.2.